The van der Waals surface area contributed by atoms with E-state index in [1.54, 1.807) is 18.1 Å². The van der Waals surface area contributed by atoms with Crippen LogP contribution in [0.3, 0.4) is 0 Å². The quantitative estimate of drug-likeness (QED) is 0.890. The molecule has 0 aromatic heterocycles. The fraction of sp³-hybridized carbons (Fsp3) is 0.529. The summed E-state index contributed by atoms with van der Waals surface area (Å²) in [6, 6.07) is 5.31. The van der Waals surface area contributed by atoms with Gasteiger partial charge in [-0.05, 0) is 50.4 Å². The Bertz CT molecular complexity index is 597. The molecule has 2 amide bonds. The monoisotopic (exact) mass is 317 g/mol. The lowest BCUT2D eigenvalue weighted by atomic mass is 10.1. The molecule has 1 unspecified atom stereocenters. The lowest BCUT2D eigenvalue weighted by molar-refractivity contribution is -0.119. The number of carbonyl (C=O) groups excluding carboxylic acids is 2. The van der Waals surface area contributed by atoms with Crippen LogP contribution in [0.4, 0.5) is 11.4 Å². The minimum absolute atomic E-state index is 0.0245. The van der Waals surface area contributed by atoms with E-state index in [0.717, 1.165) is 37.9 Å². The minimum atomic E-state index is -0.128. The van der Waals surface area contributed by atoms with E-state index in [1.807, 2.05) is 12.1 Å². The average molecular weight is 317 g/mol. The summed E-state index contributed by atoms with van der Waals surface area (Å²) in [5.74, 6) is 0.733. The van der Waals surface area contributed by atoms with Crippen LogP contribution in [0.25, 0.3) is 0 Å². The summed E-state index contributed by atoms with van der Waals surface area (Å²) in [5.41, 5.74) is 1.42. The Kier molecular flexibility index (Phi) is 4.81. The summed E-state index contributed by atoms with van der Waals surface area (Å²) in [6.07, 6.45) is 4.36. The van der Waals surface area contributed by atoms with Gasteiger partial charge in [0.1, 0.15) is 5.75 Å². The van der Waals surface area contributed by atoms with Crippen molar-refractivity contribution in [2.75, 3.05) is 30.4 Å². The molecule has 6 heteroatoms. The van der Waals surface area contributed by atoms with Gasteiger partial charge in [-0.3, -0.25) is 9.59 Å². The Labute approximate surface area is 136 Å². The summed E-state index contributed by atoms with van der Waals surface area (Å²) >= 11 is 0. The van der Waals surface area contributed by atoms with Crippen molar-refractivity contribution in [1.29, 1.82) is 0 Å². The number of hydrogen-bond acceptors (Lipinski definition) is 4. The highest BCUT2D eigenvalue weighted by molar-refractivity contribution is 5.98. The van der Waals surface area contributed by atoms with Crippen molar-refractivity contribution in [3.8, 4) is 5.75 Å². The highest BCUT2D eigenvalue weighted by atomic mass is 16.5. The van der Waals surface area contributed by atoms with Crippen LogP contribution >= 0.6 is 0 Å². The molecule has 124 valence electrons. The van der Waals surface area contributed by atoms with E-state index in [9.17, 15) is 9.59 Å². The molecule has 2 aliphatic heterocycles. The summed E-state index contributed by atoms with van der Waals surface area (Å²) in [6.45, 7) is 1.57. The molecule has 0 spiro atoms. The molecule has 0 saturated carbocycles. The Morgan fingerprint density at radius 3 is 2.91 bits per heavy atom. The number of nitrogens with one attached hydrogen (secondary N) is 2. The van der Waals surface area contributed by atoms with Gasteiger partial charge in [-0.1, -0.05) is 0 Å². The van der Waals surface area contributed by atoms with Crippen molar-refractivity contribution < 1.29 is 14.3 Å². The van der Waals surface area contributed by atoms with Gasteiger partial charge < -0.3 is 20.3 Å². The largest absolute Gasteiger partial charge is 0.495 e. The number of anilines is 2. The third kappa shape index (κ3) is 3.47. The zero-order chi connectivity index (χ0) is 16.2. The maximum absolute atomic E-state index is 12.2. The first-order chi connectivity index (χ1) is 11.2. The number of benzene rings is 1. The third-order valence-electron chi connectivity index (χ3n) is 4.44. The number of piperidine rings is 1. The number of rotatable bonds is 4. The number of nitrogens with zero attached hydrogens (tertiary/aromatic N) is 1. The van der Waals surface area contributed by atoms with Crippen molar-refractivity contribution in [3.05, 3.63) is 18.2 Å². The van der Waals surface area contributed by atoms with E-state index in [1.165, 1.54) is 0 Å². The van der Waals surface area contributed by atoms with E-state index in [4.69, 9.17) is 4.74 Å². The topological polar surface area (TPSA) is 70.7 Å². The molecule has 0 aliphatic carbocycles. The number of methoxy groups -OCH3 is 1. The zero-order valence-corrected chi connectivity index (χ0v) is 13.4. The predicted molar refractivity (Wildman–Crippen MR) is 88.9 cm³/mol. The summed E-state index contributed by atoms with van der Waals surface area (Å²) in [7, 11) is 1.59. The Morgan fingerprint density at radius 2 is 2.22 bits per heavy atom. The highest BCUT2D eigenvalue weighted by Crippen LogP contribution is 2.33. The van der Waals surface area contributed by atoms with Crippen LogP contribution in [-0.2, 0) is 9.59 Å². The standard InChI is InChI=1S/C17H23N3O3/c1-23-15-8-7-12(19-17(22)13-5-4-9-18-13)11-14(15)20-10-3-2-6-16(20)21/h7-8,11,13,18H,2-6,9-10H2,1H3,(H,19,22). The van der Waals surface area contributed by atoms with Gasteiger partial charge >= 0.3 is 0 Å². The van der Waals surface area contributed by atoms with Gasteiger partial charge in [0, 0.05) is 18.7 Å². The molecular weight excluding hydrogens is 294 g/mol. The molecule has 1 aromatic rings. The Hall–Kier alpha value is -2.08. The van der Waals surface area contributed by atoms with Crippen LogP contribution in [0.1, 0.15) is 32.1 Å². The molecule has 6 nitrogen and oxygen atoms in total. The van der Waals surface area contributed by atoms with Crippen molar-refractivity contribution in [3.63, 3.8) is 0 Å². The van der Waals surface area contributed by atoms with Gasteiger partial charge in [0.2, 0.25) is 11.8 Å². The first kappa shape index (κ1) is 15.8. The van der Waals surface area contributed by atoms with Crippen LogP contribution in [0.2, 0.25) is 0 Å². The smallest absolute Gasteiger partial charge is 0.241 e. The molecule has 3 rings (SSSR count). The fourth-order valence-electron chi connectivity index (χ4n) is 3.18. The Morgan fingerprint density at radius 1 is 1.35 bits per heavy atom. The van der Waals surface area contributed by atoms with Crippen LogP contribution < -0.4 is 20.3 Å². The minimum Gasteiger partial charge on any atom is -0.495 e. The molecule has 1 aromatic carbocycles. The van der Waals surface area contributed by atoms with Crippen LogP contribution in [0.5, 0.6) is 5.75 Å². The van der Waals surface area contributed by atoms with Gasteiger partial charge in [-0.2, -0.15) is 0 Å². The Balaban J connectivity index is 1.80. The maximum Gasteiger partial charge on any atom is 0.241 e. The number of amides is 2. The fourth-order valence-corrected chi connectivity index (χ4v) is 3.18. The molecule has 1 atom stereocenters. The van der Waals surface area contributed by atoms with Crippen LogP contribution in [0.15, 0.2) is 18.2 Å². The number of hydrogen-bond donors (Lipinski definition) is 2. The highest BCUT2D eigenvalue weighted by Gasteiger charge is 2.25. The molecule has 0 radical (unpaired) electrons. The van der Waals surface area contributed by atoms with E-state index in [2.05, 4.69) is 10.6 Å². The van der Waals surface area contributed by atoms with Crippen molar-refractivity contribution in [2.45, 2.75) is 38.1 Å². The van der Waals surface area contributed by atoms with Gasteiger partial charge in [0.15, 0.2) is 0 Å². The molecule has 2 fully saturated rings. The van der Waals surface area contributed by atoms with E-state index in [0.29, 0.717) is 24.4 Å². The zero-order valence-electron chi connectivity index (χ0n) is 13.4. The molecular formula is C17H23N3O3. The summed E-state index contributed by atoms with van der Waals surface area (Å²) < 4.78 is 5.39. The molecule has 23 heavy (non-hydrogen) atoms. The summed E-state index contributed by atoms with van der Waals surface area (Å²) in [5, 5.41) is 6.12. The molecule has 2 aliphatic rings. The van der Waals surface area contributed by atoms with Crippen LogP contribution in [0, 0.1) is 0 Å². The van der Waals surface area contributed by atoms with Crippen LogP contribution in [-0.4, -0.2) is 38.1 Å². The second-order valence-corrected chi connectivity index (χ2v) is 6.03. The second-order valence-electron chi connectivity index (χ2n) is 6.03. The summed E-state index contributed by atoms with van der Waals surface area (Å²) in [4.78, 5) is 26.2. The average Bonchev–Trinajstić information content (AvgIpc) is 3.10. The molecule has 2 heterocycles. The third-order valence-corrected chi connectivity index (χ3v) is 4.44. The molecule has 0 bridgehead atoms. The predicted octanol–water partition coefficient (Wildman–Crippen LogP) is 1.90. The van der Waals surface area contributed by atoms with Gasteiger partial charge in [0.25, 0.3) is 0 Å². The van der Waals surface area contributed by atoms with E-state index >= 15 is 0 Å². The lowest BCUT2D eigenvalue weighted by Crippen LogP contribution is -2.36. The SMILES string of the molecule is COc1ccc(NC(=O)C2CCCN2)cc1N1CCCCC1=O. The second kappa shape index (κ2) is 7.00. The number of ether oxygens (including phenoxy) is 1. The van der Waals surface area contributed by atoms with Gasteiger partial charge in [-0.25, -0.2) is 0 Å². The van der Waals surface area contributed by atoms with Crippen molar-refractivity contribution in [1.82, 2.24) is 5.32 Å². The molecule has 2 saturated heterocycles. The lowest BCUT2D eigenvalue weighted by Gasteiger charge is -2.28. The van der Waals surface area contributed by atoms with Gasteiger partial charge in [0.05, 0.1) is 18.8 Å². The molecule has 2 N–H and O–H groups in total. The van der Waals surface area contributed by atoms with Crippen molar-refractivity contribution in [2.24, 2.45) is 0 Å². The first-order valence-corrected chi connectivity index (χ1v) is 8.21. The van der Waals surface area contributed by atoms with Crippen molar-refractivity contribution >= 4 is 23.2 Å². The first-order valence-electron chi connectivity index (χ1n) is 8.21. The number of carbonyl (C=O) groups is 2. The maximum atomic E-state index is 12.2. The van der Waals surface area contributed by atoms with E-state index in [-0.39, 0.29) is 17.9 Å². The normalized spacial score (nSPS) is 21.3. The van der Waals surface area contributed by atoms with E-state index < -0.39 is 0 Å². The van der Waals surface area contributed by atoms with Gasteiger partial charge in [-0.15, -0.1) is 0 Å².